The molecule has 1 N–H and O–H groups in total. The van der Waals surface area contributed by atoms with Crippen molar-refractivity contribution in [1.82, 2.24) is 15.1 Å². The monoisotopic (exact) mass is 235 g/mol. The smallest absolute Gasteiger partial charge is 0.0537 e. The van der Waals surface area contributed by atoms with Gasteiger partial charge in [0.1, 0.15) is 0 Å². The molecule has 3 unspecified atom stereocenters. The Morgan fingerprint density at radius 1 is 1.47 bits per heavy atom. The summed E-state index contributed by atoms with van der Waals surface area (Å²) in [5, 5.41) is 8.07. The van der Waals surface area contributed by atoms with Gasteiger partial charge >= 0.3 is 0 Å². The molecule has 0 spiro atoms. The van der Waals surface area contributed by atoms with Crippen LogP contribution in [0.5, 0.6) is 0 Å². The third kappa shape index (κ3) is 2.71. The molecule has 3 nitrogen and oxygen atoms in total. The van der Waals surface area contributed by atoms with Gasteiger partial charge in [0.15, 0.2) is 0 Å². The maximum atomic E-state index is 4.41. The van der Waals surface area contributed by atoms with Gasteiger partial charge in [-0.2, -0.15) is 5.10 Å². The predicted molar refractivity (Wildman–Crippen MR) is 70.8 cm³/mol. The van der Waals surface area contributed by atoms with E-state index in [4.69, 9.17) is 0 Å². The van der Waals surface area contributed by atoms with Gasteiger partial charge in [-0.3, -0.25) is 4.68 Å². The van der Waals surface area contributed by atoms with Crippen molar-refractivity contribution >= 4 is 0 Å². The summed E-state index contributed by atoms with van der Waals surface area (Å²) in [6, 6.07) is 0.498. The Hall–Kier alpha value is -0.830. The molecule has 0 aromatic carbocycles. The van der Waals surface area contributed by atoms with E-state index in [2.05, 4.69) is 37.4 Å². The zero-order chi connectivity index (χ0) is 12.3. The minimum Gasteiger partial charge on any atom is -0.310 e. The van der Waals surface area contributed by atoms with Gasteiger partial charge in [-0.15, -0.1) is 0 Å². The SMILES string of the molecule is CCNC(c1cnn(CC)c1)C1CCCC1C. The lowest BCUT2D eigenvalue weighted by atomic mass is 9.87. The molecular weight excluding hydrogens is 210 g/mol. The Bertz CT molecular complexity index is 345. The molecule has 0 radical (unpaired) electrons. The van der Waals surface area contributed by atoms with Crippen LogP contribution in [0, 0.1) is 11.8 Å². The summed E-state index contributed by atoms with van der Waals surface area (Å²) >= 11 is 0. The summed E-state index contributed by atoms with van der Waals surface area (Å²) < 4.78 is 2.03. The van der Waals surface area contributed by atoms with Crippen molar-refractivity contribution in [2.24, 2.45) is 11.8 Å². The van der Waals surface area contributed by atoms with Gasteiger partial charge in [0, 0.05) is 24.3 Å². The molecule has 1 aromatic rings. The van der Waals surface area contributed by atoms with E-state index in [1.807, 2.05) is 10.9 Å². The Morgan fingerprint density at radius 3 is 2.82 bits per heavy atom. The Balaban J connectivity index is 2.15. The predicted octanol–water partition coefficient (Wildman–Crippen LogP) is 2.99. The van der Waals surface area contributed by atoms with Crippen LogP contribution in [0.15, 0.2) is 12.4 Å². The van der Waals surface area contributed by atoms with Crippen molar-refractivity contribution in [2.75, 3.05) is 6.54 Å². The van der Waals surface area contributed by atoms with E-state index in [0.29, 0.717) is 6.04 Å². The molecule has 17 heavy (non-hydrogen) atoms. The largest absolute Gasteiger partial charge is 0.310 e. The second-order valence-electron chi connectivity index (χ2n) is 5.24. The molecule has 3 atom stereocenters. The van der Waals surface area contributed by atoms with Crippen molar-refractivity contribution < 1.29 is 0 Å². The third-order valence-corrected chi connectivity index (χ3v) is 4.12. The molecule has 3 heteroatoms. The lowest BCUT2D eigenvalue weighted by Crippen LogP contribution is -2.29. The summed E-state index contributed by atoms with van der Waals surface area (Å²) in [7, 11) is 0. The molecule has 0 aliphatic heterocycles. The van der Waals surface area contributed by atoms with E-state index in [-0.39, 0.29) is 0 Å². The number of hydrogen-bond acceptors (Lipinski definition) is 2. The van der Waals surface area contributed by atoms with Crippen LogP contribution in [0.1, 0.15) is 51.6 Å². The molecule has 1 aromatic heterocycles. The second kappa shape index (κ2) is 5.67. The fraction of sp³-hybridized carbons (Fsp3) is 0.786. The summed E-state index contributed by atoms with van der Waals surface area (Å²) in [5.41, 5.74) is 1.37. The first-order valence-corrected chi connectivity index (χ1v) is 7.02. The van der Waals surface area contributed by atoms with Crippen LogP contribution in [-0.2, 0) is 6.54 Å². The van der Waals surface area contributed by atoms with Gasteiger partial charge < -0.3 is 5.32 Å². The highest BCUT2D eigenvalue weighted by molar-refractivity contribution is 5.13. The van der Waals surface area contributed by atoms with E-state index in [1.54, 1.807) is 0 Å². The molecule has 1 aliphatic rings. The van der Waals surface area contributed by atoms with Crippen molar-refractivity contribution in [2.45, 2.75) is 52.6 Å². The van der Waals surface area contributed by atoms with Crippen LogP contribution in [0.2, 0.25) is 0 Å². The molecule has 1 heterocycles. The van der Waals surface area contributed by atoms with Crippen LogP contribution < -0.4 is 5.32 Å². The number of hydrogen-bond donors (Lipinski definition) is 1. The molecular formula is C14H25N3. The molecule has 0 bridgehead atoms. The maximum absolute atomic E-state index is 4.41. The molecule has 1 saturated carbocycles. The third-order valence-electron chi connectivity index (χ3n) is 4.12. The van der Waals surface area contributed by atoms with Crippen LogP contribution in [0.25, 0.3) is 0 Å². The van der Waals surface area contributed by atoms with Gasteiger partial charge in [0.05, 0.1) is 6.20 Å². The summed E-state index contributed by atoms with van der Waals surface area (Å²) in [5.74, 6) is 1.62. The number of nitrogens with one attached hydrogen (secondary N) is 1. The van der Waals surface area contributed by atoms with Crippen LogP contribution in [0.3, 0.4) is 0 Å². The lowest BCUT2D eigenvalue weighted by Gasteiger charge is -2.26. The number of nitrogens with zero attached hydrogens (tertiary/aromatic N) is 2. The van der Waals surface area contributed by atoms with Gasteiger partial charge in [0.25, 0.3) is 0 Å². The zero-order valence-electron chi connectivity index (χ0n) is 11.3. The summed E-state index contributed by atoms with van der Waals surface area (Å²) in [6.45, 7) is 8.71. The van der Waals surface area contributed by atoms with Crippen molar-refractivity contribution in [1.29, 1.82) is 0 Å². The van der Waals surface area contributed by atoms with Crippen molar-refractivity contribution in [3.05, 3.63) is 18.0 Å². The highest BCUT2D eigenvalue weighted by Crippen LogP contribution is 2.39. The first-order chi connectivity index (χ1) is 8.26. The maximum Gasteiger partial charge on any atom is 0.0537 e. The highest BCUT2D eigenvalue weighted by Gasteiger charge is 2.31. The number of aromatic nitrogens is 2. The van der Waals surface area contributed by atoms with Gasteiger partial charge in [-0.1, -0.05) is 26.7 Å². The molecule has 0 amide bonds. The fourth-order valence-corrected chi connectivity index (χ4v) is 3.12. The van der Waals surface area contributed by atoms with Crippen LogP contribution in [-0.4, -0.2) is 16.3 Å². The van der Waals surface area contributed by atoms with E-state index in [9.17, 15) is 0 Å². The van der Waals surface area contributed by atoms with Gasteiger partial charge in [0.2, 0.25) is 0 Å². The normalized spacial score (nSPS) is 26.3. The summed E-state index contributed by atoms with van der Waals surface area (Å²) in [4.78, 5) is 0. The van der Waals surface area contributed by atoms with E-state index < -0.39 is 0 Å². The molecule has 2 rings (SSSR count). The lowest BCUT2D eigenvalue weighted by molar-refractivity contribution is 0.305. The summed E-state index contributed by atoms with van der Waals surface area (Å²) in [6.07, 6.45) is 8.38. The topological polar surface area (TPSA) is 29.9 Å². The average Bonchev–Trinajstić information content (AvgIpc) is 2.95. The average molecular weight is 235 g/mol. The molecule has 0 saturated heterocycles. The number of aryl methyl sites for hydroxylation is 1. The van der Waals surface area contributed by atoms with Gasteiger partial charge in [-0.05, 0) is 31.7 Å². The first kappa shape index (κ1) is 12.6. The minimum atomic E-state index is 0.498. The molecule has 96 valence electrons. The first-order valence-electron chi connectivity index (χ1n) is 7.02. The number of rotatable bonds is 5. The van der Waals surface area contributed by atoms with E-state index in [0.717, 1.165) is 24.9 Å². The van der Waals surface area contributed by atoms with Gasteiger partial charge in [-0.25, -0.2) is 0 Å². The fourth-order valence-electron chi connectivity index (χ4n) is 3.12. The van der Waals surface area contributed by atoms with Crippen LogP contribution >= 0.6 is 0 Å². The van der Waals surface area contributed by atoms with E-state index in [1.165, 1.54) is 24.8 Å². The van der Waals surface area contributed by atoms with Crippen molar-refractivity contribution in [3.8, 4) is 0 Å². The Kier molecular flexibility index (Phi) is 4.21. The molecule has 1 fully saturated rings. The van der Waals surface area contributed by atoms with Crippen molar-refractivity contribution in [3.63, 3.8) is 0 Å². The van der Waals surface area contributed by atoms with E-state index >= 15 is 0 Å². The zero-order valence-corrected chi connectivity index (χ0v) is 11.3. The Labute approximate surface area is 105 Å². The Morgan fingerprint density at radius 2 is 2.29 bits per heavy atom. The standard InChI is InChI=1S/C14H25N3/c1-4-15-14(13-8-6-7-11(13)3)12-9-16-17(5-2)10-12/h9-11,13-15H,4-8H2,1-3H3. The second-order valence-corrected chi connectivity index (χ2v) is 5.24. The minimum absolute atomic E-state index is 0.498. The quantitative estimate of drug-likeness (QED) is 0.850. The molecule has 1 aliphatic carbocycles. The highest BCUT2D eigenvalue weighted by atomic mass is 15.3. The van der Waals surface area contributed by atoms with Crippen LogP contribution in [0.4, 0.5) is 0 Å².